The van der Waals surface area contributed by atoms with Crippen LogP contribution < -0.4 is 5.73 Å². The van der Waals surface area contributed by atoms with E-state index in [2.05, 4.69) is 0 Å². The molecule has 1 aromatic rings. The van der Waals surface area contributed by atoms with Gasteiger partial charge in [-0.1, -0.05) is 23.2 Å². The van der Waals surface area contributed by atoms with Crippen LogP contribution in [0.2, 0.25) is 10.0 Å². The molecule has 0 bridgehead atoms. The van der Waals surface area contributed by atoms with Gasteiger partial charge in [0.2, 0.25) is 5.91 Å². The number of halogens is 2. The molecule has 3 rings (SSSR count). The number of benzene rings is 1. The van der Waals surface area contributed by atoms with E-state index in [0.717, 1.165) is 30.8 Å². The van der Waals surface area contributed by atoms with Crippen molar-refractivity contribution in [2.24, 2.45) is 17.6 Å². The summed E-state index contributed by atoms with van der Waals surface area (Å²) in [6, 6.07) is 5.58. The Balaban J connectivity index is 1.57. The van der Waals surface area contributed by atoms with Crippen LogP contribution in [-0.4, -0.2) is 35.7 Å². The number of hydrogen-bond acceptors (Lipinski definition) is 3. The lowest BCUT2D eigenvalue weighted by molar-refractivity contribution is -0.127. The van der Waals surface area contributed by atoms with E-state index in [1.807, 2.05) is 4.90 Å². The van der Waals surface area contributed by atoms with Crippen molar-refractivity contribution in [3.63, 3.8) is 0 Å². The second-order valence-electron chi connectivity index (χ2n) is 5.83. The van der Waals surface area contributed by atoms with Crippen LogP contribution in [0, 0.1) is 11.8 Å². The molecule has 0 spiro atoms. The average molecular weight is 345 g/mol. The van der Waals surface area contributed by atoms with Crippen molar-refractivity contribution in [3.05, 3.63) is 28.2 Å². The maximum absolute atomic E-state index is 12.3. The molecule has 1 aromatic carbocycles. The average Bonchev–Trinajstić information content (AvgIpc) is 3.02. The number of hydrogen-bond donors (Lipinski definition) is 1. The van der Waals surface area contributed by atoms with Gasteiger partial charge in [0.1, 0.15) is 0 Å². The number of amides is 1. The number of fused-ring (bicyclic) bond motifs is 1. The first-order chi connectivity index (χ1) is 10.0. The van der Waals surface area contributed by atoms with Crippen LogP contribution in [0.25, 0.3) is 0 Å². The summed E-state index contributed by atoms with van der Waals surface area (Å²) in [6.07, 6.45) is 2.26. The number of thioether (sulfide) groups is 1. The minimum absolute atomic E-state index is 0.164. The zero-order chi connectivity index (χ0) is 15.0. The molecule has 1 saturated heterocycles. The predicted octanol–water partition coefficient (Wildman–Crippen LogP) is 3.28. The van der Waals surface area contributed by atoms with Crippen molar-refractivity contribution in [2.45, 2.75) is 23.8 Å². The van der Waals surface area contributed by atoms with Gasteiger partial charge in [-0.15, -0.1) is 11.8 Å². The Kier molecular flexibility index (Phi) is 4.69. The Hall–Kier alpha value is -0.420. The molecule has 1 saturated carbocycles. The molecule has 2 aliphatic rings. The second-order valence-corrected chi connectivity index (χ2v) is 7.69. The highest BCUT2D eigenvalue weighted by Gasteiger charge is 2.42. The first-order valence-electron chi connectivity index (χ1n) is 7.16. The number of nitrogens with zero attached hydrogens (tertiary/aromatic N) is 1. The van der Waals surface area contributed by atoms with Crippen LogP contribution in [0.15, 0.2) is 23.1 Å². The molecule has 3 atom stereocenters. The van der Waals surface area contributed by atoms with Crippen molar-refractivity contribution in [1.29, 1.82) is 0 Å². The molecule has 1 amide bonds. The van der Waals surface area contributed by atoms with E-state index in [1.54, 1.807) is 18.2 Å². The van der Waals surface area contributed by atoms with Gasteiger partial charge in [-0.05, 0) is 42.9 Å². The summed E-state index contributed by atoms with van der Waals surface area (Å²) < 4.78 is 0. The Labute approximate surface area is 139 Å². The Morgan fingerprint density at radius 2 is 2.14 bits per heavy atom. The number of likely N-dealkylation sites (tertiary alicyclic amines) is 1. The lowest BCUT2D eigenvalue weighted by Gasteiger charge is -2.18. The lowest BCUT2D eigenvalue weighted by atomic mass is 9.98. The summed E-state index contributed by atoms with van der Waals surface area (Å²) >= 11 is 13.5. The standard InChI is InChI=1S/C15H18Cl2N2OS/c16-10-2-3-12(17)14(5-10)21-8-15(20)19-6-9-1-4-13(18)11(9)7-19/h2-3,5,9,11,13H,1,4,6-8,18H2. The largest absolute Gasteiger partial charge is 0.341 e. The number of nitrogens with two attached hydrogens (primary N) is 1. The third-order valence-corrected chi connectivity index (χ3v) is 6.23. The summed E-state index contributed by atoms with van der Waals surface area (Å²) in [5.41, 5.74) is 6.11. The van der Waals surface area contributed by atoms with Crippen molar-refractivity contribution in [3.8, 4) is 0 Å². The molecule has 114 valence electrons. The maximum Gasteiger partial charge on any atom is 0.232 e. The Morgan fingerprint density at radius 1 is 1.33 bits per heavy atom. The minimum Gasteiger partial charge on any atom is -0.341 e. The van der Waals surface area contributed by atoms with Crippen LogP contribution >= 0.6 is 35.0 Å². The van der Waals surface area contributed by atoms with E-state index < -0.39 is 0 Å². The SMILES string of the molecule is NC1CCC2CN(C(=O)CSc3cc(Cl)ccc3Cl)CC12. The monoisotopic (exact) mass is 344 g/mol. The first-order valence-corrected chi connectivity index (χ1v) is 8.90. The fourth-order valence-corrected chi connectivity index (χ4v) is 4.73. The molecule has 2 N–H and O–H groups in total. The molecular weight excluding hydrogens is 327 g/mol. The normalized spacial score (nSPS) is 28.0. The fraction of sp³-hybridized carbons (Fsp3) is 0.533. The van der Waals surface area contributed by atoms with Gasteiger partial charge in [0.25, 0.3) is 0 Å². The number of rotatable bonds is 3. The maximum atomic E-state index is 12.3. The topological polar surface area (TPSA) is 46.3 Å². The van der Waals surface area contributed by atoms with Gasteiger partial charge in [0.05, 0.1) is 10.8 Å². The highest BCUT2D eigenvalue weighted by Crippen LogP contribution is 2.37. The van der Waals surface area contributed by atoms with Gasteiger partial charge < -0.3 is 10.6 Å². The molecule has 3 nitrogen and oxygen atoms in total. The molecule has 3 unspecified atom stereocenters. The van der Waals surface area contributed by atoms with E-state index in [9.17, 15) is 4.79 Å². The minimum atomic E-state index is 0.164. The predicted molar refractivity (Wildman–Crippen MR) is 88.0 cm³/mol. The summed E-state index contributed by atoms with van der Waals surface area (Å²) in [5.74, 6) is 1.66. The summed E-state index contributed by atoms with van der Waals surface area (Å²) in [6.45, 7) is 1.68. The molecule has 21 heavy (non-hydrogen) atoms. The van der Waals surface area contributed by atoms with Crippen LogP contribution in [0.5, 0.6) is 0 Å². The van der Waals surface area contributed by atoms with Gasteiger partial charge in [-0.2, -0.15) is 0 Å². The van der Waals surface area contributed by atoms with Crippen LogP contribution in [0.3, 0.4) is 0 Å². The highest BCUT2D eigenvalue weighted by atomic mass is 35.5. The first kappa shape index (κ1) is 15.5. The van der Waals surface area contributed by atoms with Crippen molar-refractivity contribution >= 4 is 40.9 Å². The molecule has 6 heteroatoms. The highest BCUT2D eigenvalue weighted by molar-refractivity contribution is 8.00. The van der Waals surface area contributed by atoms with E-state index in [1.165, 1.54) is 11.8 Å². The second kappa shape index (κ2) is 6.37. The van der Waals surface area contributed by atoms with E-state index in [4.69, 9.17) is 28.9 Å². The molecule has 0 aromatic heterocycles. The molecule has 1 heterocycles. The van der Waals surface area contributed by atoms with Gasteiger partial charge in [-0.3, -0.25) is 4.79 Å². The Morgan fingerprint density at radius 3 is 2.90 bits per heavy atom. The van der Waals surface area contributed by atoms with Gasteiger partial charge in [0, 0.05) is 29.0 Å². The zero-order valence-electron chi connectivity index (χ0n) is 11.6. The summed E-state index contributed by atoms with van der Waals surface area (Å²) in [4.78, 5) is 15.2. The van der Waals surface area contributed by atoms with E-state index in [-0.39, 0.29) is 11.9 Å². The van der Waals surface area contributed by atoms with Crippen LogP contribution in [0.1, 0.15) is 12.8 Å². The number of carbonyl (C=O) groups excluding carboxylic acids is 1. The third kappa shape index (κ3) is 3.34. The molecule has 1 aliphatic carbocycles. The summed E-state index contributed by atoms with van der Waals surface area (Å²) in [7, 11) is 0. The van der Waals surface area contributed by atoms with Crippen molar-refractivity contribution < 1.29 is 4.79 Å². The van der Waals surface area contributed by atoms with Gasteiger partial charge in [0.15, 0.2) is 0 Å². The number of carbonyl (C=O) groups is 1. The lowest BCUT2D eigenvalue weighted by Crippen LogP contribution is -2.34. The zero-order valence-corrected chi connectivity index (χ0v) is 13.9. The van der Waals surface area contributed by atoms with Crippen molar-refractivity contribution in [1.82, 2.24) is 4.90 Å². The fourth-order valence-electron chi connectivity index (χ4n) is 3.33. The van der Waals surface area contributed by atoms with E-state index in [0.29, 0.717) is 27.6 Å². The van der Waals surface area contributed by atoms with Gasteiger partial charge in [-0.25, -0.2) is 0 Å². The van der Waals surface area contributed by atoms with Gasteiger partial charge >= 0.3 is 0 Å². The Bertz CT molecular complexity index is 554. The van der Waals surface area contributed by atoms with E-state index >= 15 is 0 Å². The molecule has 1 aliphatic heterocycles. The molecule has 2 fully saturated rings. The molecular formula is C15H18Cl2N2OS. The van der Waals surface area contributed by atoms with Crippen LogP contribution in [0.4, 0.5) is 0 Å². The smallest absolute Gasteiger partial charge is 0.232 e. The third-order valence-electron chi connectivity index (χ3n) is 4.51. The molecule has 0 radical (unpaired) electrons. The van der Waals surface area contributed by atoms with Crippen LogP contribution in [-0.2, 0) is 4.79 Å². The quantitative estimate of drug-likeness (QED) is 0.856. The van der Waals surface area contributed by atoms with Crippen molar-refractivity contribution in [2.75, 3.05) is 18.8 Å². The summed E-state index contributed by atoms with van der Waals surface area (Å²) in [5, 5.41) is 1.27.